The van der Waals surface area contributed by atoms with Crippen LogP contribution in [0.15, 0.2) is 170 Å². The first-order chi connectivity index (χ1) is 21.8. The molecule has 0 unspecified atom stereocenters. The maximum absolute atomic E-state index is 3.84. The van der Waals surface area contributed by atoms with E-state index in [1.807, 2.05) is 0 Å². The van der Waals surface area contributed by atoms with Crippen LogP contribution in [0.4, 0.5) is 22.7 Å². The summed E-state index contributed by atoms with van der Waals surface area (Å²) in [4.78, 5) is 2.30. The van der Waals surface area contributed by atoms with Crippen molar-refractivity contribution in [2.45, 2.75) is 0 Å². The molecule has 218 valence electrons. The monoisotopic (exact) mass is 609 g/mol. The third kappa shape index (κ3) is 7.20. The third-order valence-corrected chi connectivity index (χ3v) is 12.3. The van der Waals surface area contributed by atoms with E-state index in [9.17, 15) is 0 Å². The molecule has 2 N–H and O–H groups in total. The topological polar surface area (TPSA) is 27.3 Å². The second-order valence-electron chi connectivity index (χ2n) is 10.5. The predicted octanol–water partition coefficient (Wildman–Crippen LogP) is 8.46. The molecule has 0 amide bonds. The molecule has 5 heteroatoms. The minimum absolute atomic E-state index is 0.564. The summed E-state index contributed by atoms with van der Waals surface area (Å²) in [7, 11) is 1.03. The Labute approximate surface area is 264 Å². The lowest BCUT2D eigenvalue weighted by molar-refractivity contribution is 1.20. The van der Waals surface area contributed by atoms with Gasteiger partial charge in [0.1, 0.15) is 0 Å². The standard InChI is InChI=1S/C39H37N3P2/c1-42(38-28-16-14-26-36(38)40-30-43(32-18-6-2-7-19-32)33-20-8-3-9-21-33)39-29-17-15-27-37(39)41-31-44(34-22-10-4-11-23-34)35-24-12-5-13-25-35/h2-29,40-41H,30-31H2,1H3. The molecule has 6 aromatic rings. The molecule has 0 aromatic heterocycles. The van der Waals surface area contributed by atoms with Crippen molar-refractivity contribution >= 4 is 59.8 Å². The van der Waals surface area contributed by atoms with Crippen molar-refractivity contribution in [1.29, 1.82) is 0 Å². The highest BCUT2D eigenvalue weighted by Crippen LogP contribution is 2.40. The van der Waals surface area contributed by atoms with Crippen LogP contribution >= 0.6 is 15.8 Å². The van der Waals surface area contributed by atoms with Crippen molar-refractivity contribution < 1.29 is 0 Å². The Balaban J connectivity index is 1.24. The van der Waals surface area contributed by atoms with E-state index in [2.05, 4.69) is 192 Å². The summed E-state index contributed by atoms with van der Waals surface area (Å²) >= 11 is 0. The Bertz CT molecular complexity index is 1520. The Morgan fingerprint density at radius 3 is 0.977 bits per heavy atom. The van der Waals surface area contributed by atoms with E-state index in [0.717, 1.165) is 35.3 Å². The van der Waals surface area contributed by atoms with E-state index in [0.29, 0.717) is 0 Å². The van der Waals surface area contributed by atoms with Crippen molar-refractivity contribution in [3.63, 3.8) is 0 Å². The highest BCUT2D eigenvalue weighted by atomic mass is 31.1. The van der Waals surface area contributed by atoms with Crippen molar-refractivity contribution in [3.8, 4) is 0 Å². The normalized spacial score (nSPS) is 11.0. The molecule has 0 heterocycles. The molecule has 3 nitrogen and oxygen atoms in total. The number of nitrogens with one attached hydrogen (secondary N) is 2. The van der Waals surface area contributed by atoms with Gasteiger partial charge >= 0.3 is 0 Å². The average molecular weight is 610 g/mol. The minimum Gasteiger partial charge on any atom is -0.379 e. The zero-order chi connectivity index (χ0) is 30.0. The first kappa shape index (κ1) is 29.6. The number of nitrogens with zero attached hydrogens (tertiary/aromatic N) is 1. The van der Waals surface area contributed by atoms with E-state index < -0.39 is 15.8 Å². The second-order valence-corrected chi connectivity index (χ2v) is 14.9. The molecule has 0 aliphatic carbocycles. The van der Waals surface area contributed by atoms with Crippen LogP contribution in [-0.4, -0.2) is 19.6 Å². The van der Waals surface area contributed by atoms with Gasteiger partial charge in [0.2, 0.25) is 0 Å². The second kappa shape index (κ2) is 14.8. The fraction of sp³-hybridized carbons (Fsp3) is 0.0769. The summed E-state index contributed by atoms with van der Waals surface area (Å²) in [6.45, 7) is 0. The summed E-state index contributed by atoms with van der Waals surface area (Å²) < 4.78 is 0. The zero-order valence-electron chi connectivity index (χ0n) is 24.9. The van der Waals surface area contributed by atoms with Gasteiger partial charge < -0.3 is 15.5 Å². The van der Waals surface area contributed by atoms with Crippen LogP contribution < -0.4 is 36.8 Å². The lowest BCUT2D eigenvalue weighted by Gasteiger charge is -2.28. The SMILES string of the molecule is CN(c1ccccc1NCP(c1ccccc1)c1ccccc1)c1ccccc1NCP(c1ccccc1)c1ccccc1. The van der Waals surface area contributed by atoms with Gasteiger partial charge in [-0.3, -0.25) is 0 Å². The van der Waals surface area contributed by atoms with Gasteiger partial charge in [-0.25, -0.2) is 0 Å². The zero-order valence-corrected chi connectivity index (χ0v) is 26.7. The molecule has 0 bridgehead atoms. The molecular formula is C39H37N3P2. The van der Waals surface area contributed by atoms with E-state index >= 15 is 0 Å². The maximum atomic E-state index is 3.84. The average Bonchev–Trinajstić information content (AvgIpc) is 3.10. The molecule has 0 radical (unpaired) electrons. The van der Waals surface area contributed by atoms with Crippen LogP contribution in [0, 0.1) is 0 Å². The van der Waals surface area contributed by atoms with Crippen LogP contribution in [0.2, 0.25) is 0 Å². The molecule has 0 atom stereocenters. The third-order valence-electron chi connectivity index (χ3n) is 7.66. The first-order valence-electron chi connectivity index (χ1n) is 14.9. The quantitative estimate of drug-likeness (QED) is 0.136. The number of rotatable bonds is 12. The van der Waals surface area contributed by atoms with Crippen molar-refractivity contribution in [3.05, 3.63) is 170 Å². The highest BCUT2D eigenvalue weighted by Gasteiger charge is 2.18. The summed E-state index contributed by atoms with van der Waals surface area (Å²) in [6, 6.07) is 60.7. The molecule has 0 saturated heterocycles. The Kier molecular flexibility index (Phi) is 10.0. The van der Waals surface area contributed by atoms with Crippen molar-refractivity contribution in [2.75, 3.05) is 35.2 Å². The Hall–Kier alpha value is -4.42. The lowest BCUT2D eigenvalue weighted by atomic mass is 10.2. The van der Waals surface area contributed by atoms with E-state index in [-0.39, 0.29) is 0 Å². The number of anilines is 4. The summed E-state index contributed by atoms with van der Waals surface area (Å²) in [5.41, 5.74) is 4.54. The Morgan fingerprint density at radius 2 is 0.659 bits per heavy atom. The van der Waals surface area contributed by atoms with Gasteiger partial charge in [0, 0.05) is 19.6 Å². The Morgan fingerprint density at radius 1 is 0.386 bits per heavy atom. The molecule has 0 saturated carbocycles. The van der Waals surface area contributed by atoms with E-state index in [4.69, 9.17) is 0 Å². The van der Waals surface area contributed by atoms with Gasteiger partial charge in [-0.15, -0.1) is 0 Å². The van der Waals surface area contributed by atoms with Crippen molar-refractivity contribution in [2.24, 2.45) is 0 Å². The van der Waals surface area contributed by atoms with Crippen LogP contribution in [0.3, 0.4) is 0 Å². The fourth-order valence-electron chi connectivity index (χ4n) is 5.38. The number of para-hydroxylation sites is 4. The van der Waals surface area contributed by atoms with Gasteiger partial charge in [0.15, 0.2) is 0 Å². The van der Waals surface area contributed by atoms with Gasteiger partial charge in [-0.05, 0) is 61.3 Å². The largest absolute Gasteiger partial charge is 0.379 e. The maximum Gasteiger partial charge on any atom is 0.0644 e. The van der Waals surface area contributed by atoms with Crippen LogP contribution in [-0.2, 0) is 0 Å². The van der Waals surface area contributed by atoms with Crippen molar-refractivity contribution in [1.82, 2.24) is 0 Å². The van der Waals surface area contributed by atoms with Gasteiger partial charge in [-0.1, -0.05) is 146 Å². The first-order valence-corrected chi connectivity index (χ1v) is 18.0. The summed E-state index contributed by atoms with van der Waals surface area (Å²) in [5.74, 6) is 0. The van der Waals surface area contributed by atoms with Gasteiger partial charge in [0.25, 0.3) is 0 Å². The molecular weight excluding hydrogens is 572 g/mol. The number of hydrogen-bond donors (Lipinski definition) is 2. The van der Waals surface area contributed by atoms with Gasteiger partial charge in [-0.2, -0.15) is 0 Å². The lowest BCUT2D eigenvalue weighted by Crippen LogP contribution is -2.20. The molecule has 0 aliphatic rings. The minimum atomic E-state index is -0.564. The highest BCUT2D eigenvalue weighted by molar-refractivity contribution is 7.73. The summed E-state index contributed by atoms with van der Waals surface area (Å²) in [5, 5.41) is 13.2. The summed E-state index contributed by atoms with van der Waals surface area (Å²) in [6.07, 6.45) is 1.71. The van der Waals surface area contributed by atoms with Gasteiger partial charge in [0.05, 0.1) is 22.7 Å². The van der Waals surface area contributed by atoms with Crippen LogP contribution in [0.5, 0.6) is 0 Å². The molecule has 6 aromatic carbocycles. The van der Waals surface area contributed by atoms with E-state index in [1.165, 1.54) is 21.2 Å². The fourth-order valence-corrected chi connectivity index (χ4v) is 9.50. The molecule has 0 aliphatic heterocycles. The number of benzene rings is 6. The molecule has 0 fully saturated rings. The smallest absolute Gasteiger partial charge is 0.0644 e. The van der Waals surface area contributed by atoms with E-state index in [1.54, 1.807) is 0 Å². The predicted molar refractivity (Wildman–Crippen MR) is 196 cm³/mol. The molecule has 44 heavy (non-hydrogen) atoms. The molecule has 6 rings (SSSR count). The van der Waals surface area contributed by atoms with Crippen LogP contribution in [0.1, 0.15) is 0 Å². The number of hydrogen-bond acceptors (Lipinski definition) is 3. The molecule has 0 spiro atoms. The van der Waals surface area contributed by atoms with Crippen LogP contribution in [0.25, 0.3) is 0 Å².